The number of methoxy groups -OCH3 is 1. The first-order valence-electron chi connectivity index (χ1n) is 5.56. The van der Waals surface area contributed by atoms with Gasteiger partial charge in [-0.15, -0.1) is 0 Å². The van der Waals surface area contributed by atoms with Crippen molar-refractivity contribution < 1.29 is 4.74 Å². The van der Waals surface area contributed by atoms with Gasteiger partial charge in [0.05, 0.1) is 12.9 Å². The lowest BCUT2D eigenvalue weighted by atomic mass is 10.0. The third-order valence-electron chi connectivity index (χ3n) is 3.17. The van der Waals surface area contributed by atoms with E-state index in [2.05, 4.69) is 9.55 Å². The summed E-state index contributed by atoms with van der Waals surface area (Å²) in [7, 11) is 1.72. The van der Waals surface area contributed by atoms with Gasteiger partial charge in [0, 0.05) is 37.5 Å². The fourth-order valence-corrected chi connectivity index (χ4v) is 2.33. The number of ether oxygens (including phenoxy) is 1. The van der Waals surface area contributed by atoms with Crippen LogP contribution in [-0.4, -0.2) is 29.3 Å². The van der Waals surface area contributed by atoms with Gasteiger partial charge in [-0.25, -0.2) is 4.98 Å². The van der Waals surface area contributed by atoms with E-state index in [4.69, 9.17) is 10.5 Å². The molecule has 1 saturated carbocycles. The molecule has 1 aromatic heterocycles. The molecule has 4 nitrogen and oxygen atoms in total. The summed E-state index contributed by atoms with van der Waals surface area (Å²) in [5.74, 6) is 0.597. The summed E-state index contributed by atoms with van der Waals surface area (Å²) in [4.78, 5) is 4.21. The number of hydrogen-bond acceptors (Lipinski definition) is 3. The van der Waals surface area contributed by atoms with Gasteiger partial charge in [-0.1, -0.05) is 0 Å². The third kappa shape index (κ3) is 2.38. The maximum absolute atomic E-state index is 5.93. The Bertz CT molecular complexity index is 311. The molecule has 1 aromatic rings. The number of nitrogens with zero attached hydrogens (tertiary/aromatic N) is 2. The molecule has 0 radical (unpaired) electrons. The Hall–Kier alpha value is -0.870. The second-order valence-electron chi connectivity index (χ2n) is 4.27. The fourth-order valence-electron chi connectivity index (χ4n) is 2.33. The molecule has 1 aliphatic rings. The Morgan fingerprint density at radius 2 is 2.47 bits per heavy atom. The number of nitrogens with two attached hydrogens (primary N) is 1. The van der Waals surface area contributed by atoms with Crippen molar-refractivity contribution in [2.75, 3.05) is 13.7 Å². The standard InChI is InChI=1S/C11H19N3O/c1-15-5-4-14-8-13-7-11(14)9-2-3-10(12)6-9/h7-10H,2-6,12H2,1H3/t9-,10-/m0/s1. The van der Waals surface area contributed by atoms with Crippen LogP contribution >= 0.6 is 0 Å². The number of imidazole rings is 1. The minimum atomic E-state index is 0.376. The summed E-state index contributed by atoms with van der Waals surface area (Å²) in [6.45, 7) is 1.62. The van der Waals surface area contributed by atoms with E-state index in [0.717, 1.165) is 26.0 Å². The van der Waals surface area contributed by atoms with Gasteiger partial charge in [-0.3, -0.25) is 0 Å². The maximum atomic E-state index is 5.93. The Morgan fingerprint density at radius 1 is 1.60 bits per heavy atom. The molecule has 0 spiro atoms. The molecular weight excluding hydrogens is 190 g/mol. The predicted octanol–water partition coefficient (Wildman–Crippen LogP) is 1.12. The fraction of sp³-hybridized carbons (Fsp3) is 0.727. The molecule has 4 heteroatoms. The van der Waals surface area contributed by atoms with Crippen molar-refractivity contribution >= 4 is 0 Å². The van der Waals surface area contributed by atoms with Crippen molar-refractivity contribution in [3.8, 4) is 0 Å². The molecule has 1 heterocycles. The van der Waals surface area contributed by atoms with E-state index in [-0.39, 0.29) is 0 Å². The van der Waals surface area contributed by atoms with E-state index in [9.17, 15) is 0 Å². The second-order valence-corrected chi connectivity index (χ2v) is 4.27. The molecular formula is C11H19N3O. The van der Waals surface area contributed by atoms with Crippen LogP contribution in [0.5, 0.6) is 0 Å². The minimum absolute atomic E-state index is 0.376. The van der Waals surface area contributed by atoms with Gasteiger partial charge in [-0.05, 0) is 19.3 Å². The second kappa shape index (κ2) is 4.77. The molecule has 0 aromatic carbocycles. The van der Waals surface area contributed by atoms with Crippen molar-refractivity contribution in [1.82, 2.24) is 9.55 Å². The molecule has 0 aliphatic heterocycles. The average Bonchev–Trinajstić information content (AvgIpc) is 2.82. The molecule has 0 amide bonds. The molecule has 2 atom stereocenters. The number of aromatic nitrogens is 2. The van der Waals surface area contributed by atoms with Gasteiger partial charge >= 0.3 is 0 Å². The minimum Gasteiger partial charge on any atom is -0.383 e. The number of hydrogen-bond donors (Lipinski definition) is 1. The number of rotatable bonds is 4. The first-order chi connectivity index (χ1) is 7.31. The van der Waals surface area contributed by atoms with Crippen molar-refractivity contribution in [3.05, 3.63) is 18.2 Å². The highest BCUT2D eigenvalue weighted by atomic mass is 16.5. The van der Waals surface area contributed by atoms with Crippen molar-refractivity contribution in [1.29, 1.82) is 0 Å². The van der Waals surface area contributed by atoms with Crippen LogP contribution in [0.15, 0.2) is 12.5 Å². The largest absolute Gasteiger partial charge is 0.383 e. The quantitative estimate of drug-likeness (QED) is 0.808. The lowest BCUT2D eigenvalue weighted by Gasteiger charge is -2.13. The molecule has 2 N–H and O–H groups in total. The van der Waals surface area contributed by atoms with E-state index in [1.165, 1.54) is 12.1 Å². The zero-order valence-electron chi connectivity index (χ0n) is 9.22. The summed E-state index contributed by atoms with van der Waals surface area (Å²) < 4.78 is 7.27. The Balaban J connectivity index is 2.04. The normalized spacial score (nSPS) is 26.0. The molecule has 1 aliphatic carbocycles. The maximum Gasteiger partial charge on any atom is 0.0949 e. The summed E-state index contributed by atoms with van der Waals surface area (Å²) in [5.41, 5.74) is 7.25. The molecule has 1 fully saturated rings. The van der Waals surface area contributed by atoms with Crippen molar-refractivity contribution in [2.24, 2.45) is 5.73 Å². The van der Waals surface area contributed by atoms with Crippen LogP contribution in [0.4, 0.5) is 0 Å². The van der Waals surface area contributed by atoms with Crippen LogP contribution < -0.4 is 5.73 Å². The summed E-state index contributed by atoms with van der Waals surface area (Å²) in [6.07, 6.45) is 7.29. The van der Waals surface area contributed by atoms with E-state index in [1.807, 2.05) is 12.5 Å². The van der Waals surface area contributed by atoms with Gasteiger partial charge < -0.3 is 15.0 Å². The van der Waals surface area contributed by atoms with Gasteiger partial charge in [0.25, 0.3) is 0 Å². The van der Waals surface area contributed by atoms with Crippen molar-refractivity contribution in [2.45, 2.75) is 37.8 Å². The van der Waals surface area contributed by atoms with E-state index in [1.54, 1.807) is 7.11 Å². The van der Waals surface area contributed by atoms with Gasteiger partial charge in [0.15, 0.2) is 0 Å². The highest BCUT2D eigenvalue weighted by molar-refractivity contribution is 5.09. The summed E-state index contributed by atoms with van der Waals surface area (Å²) in [5, 5.41) is 0. The van der Waals surface area contributed by atoms with Gasteiger partial charge in [0.2, 0.25) is 0 Å². The zero-order valence-corrected chi connectivity index (χ0v) is 9.22. The monoisotopic (exact) mass is 209 g/mol. The summed E-state index contributed by atoms with van der Waals surface area (Å²) in [6, 6.07) is 0.376. The SMILES string of the molecule is COCCn1cncc1[C@H]1CC[C@H](N)C1. The van der Waals surface area contributed by atoms with Crippen LogP contribution in [0, 0.1) is 0 Å². The molecule has 0 bridgehead atoms. The van der Waals surface area contributed by atoms with Crippen LogP contribution in [0.25, 0.3) is 0 Å². The van der Waals surface area contributed by atoms with E-state index >= 15 is 0 Å². The highest BCUT2D eigenvalue weighted by Gasteiger charge is 2.25. The first kappa shape index (κ1) is 10.6. The van der Waals surface area contributed by atoms with Crippen LogP contribution in [-0.2, 0) is 11.3 Å². The Labute approximate surface area is 90.4 Å². The topological polar surface area (TPSA) is 53.1 Å². The van der Waals surface area contributed by atoms with Crippen LogP contribution in [0.2, 0.25) is 0 Å². The molecule has 0 unspecified atom stereocenters. The highest BCUT2D eigenvalue weighted by Crippen LogP contribution is 2.33. The van der Waals surface area contributed by atoms with Crippen molar-refractivity contribution in [3.63, 3.8) is 0 Å². The Morgan fingerprint density at radius 3 is 3.13 bits per heavy atom. The molecule has 0 saturated heterocycles. The van der Waals surface area contributed by atoms with Crippen LogP contribution in [0.3, 0.4) is 0 Å². The smallest absolute Gasteiger partial charge is 0.0949 e. The average molecular weight is 209 g/mol. The predicted molar refractivity (Wildman–Crippen MR) is 58.7 cm³/mol. The lowest BCUT2D eigenvalue weighted by Crippen LogP contribution is -2.15. The molecule has 84 valence electrons. The molecule has 15 heavy (non-hydrogen) atoms. The van der Waals surface area contributed by atoms with E-state index < -0.39 is 0 Å². The zero-order chi connectivity index (χ0) is 10.7. The first-order valence-corrected chi connectivity index (χ1v) is 5.56. The summed E-state index contributed by atoms with van der Waals surface area (Å²) >= 11 is 0. The van der Waals surface area contributed by atoms with Crippen LogP contribution in [0.1, 0.15) is 30.9 Å². The van der Waals surface area contributed by atoms with Gasteiger partial charge in [-0.2, -0.15) is 0 Å². The van der Waals surface area contributed by atoms with Gasteiger partial charge in [0.1, 0.15) is 0 Å². The van der Waals surface area contributed by atoms with E-state index in [0.29, 0.717) is 12.0 Å². The Kier molecular flexibility index (Phi) is 3.38. The molecule has 2 rings (SSSR count). The lowest BCUT2D eigenvalue weighted by molar-refractivity contribution is 0.186. The third-order valence-corrected chi connectivity index (χ3v) is 3.17.